The summed E-state index contributed by atoms with van der Waals surface area (Å²) in [6.45, 7) is 6.21. The monoisotopic (exact) mass is 226 g/mol. The highest BCUT2D eigenvalue weighted by Gasteiger charge is 2.43. The zero-order valence-electron chi connectivity index (χ0n) is 10.7. The van der Waals surface area contributed by atoms with Crippen LogP contribution in [0.4, 0.5) is 0 Å². The van der Waals surface area contributed by atoms with Gasteiger partial charge in [-0.2, -0.15) is 0 Å². The van der Waals surface area contributed by atoms with Crippen LogP contribution in [-0.4, -0.2) is 43.8 Å². The normalized spacial score (nSPS) is 27.0. The van der Waals surface area contributed by atoms with E-state index in [0.29, 0.717) is 0 Å². The van der Waals surface area contributed by atoms with E-state index in [4.69, 9.17) is 10.5 Å². The quantitative estimate of drug-likeness (QED) is 0.771. The van der Waals surface area contributed by atoms with E-state index < -0.39 is 0 Å². The fourth-order valence-electron chi connectivity index (χ4n) is 2.86. The Morgan fingerprint density at radius 3 is 2.38 bits per heavy atom. The summed E-state index contributed by atoms with van der Waals surface area (Å²) in [5, 5.41) is 0. The Kier molecular flexibility index (Phi) is 3.88. The first-order valence-corrected chi connectivity index (χ1v) is 6.66. The molecule has 1 aliphatic carbocycles. The molecule has 0 amide bonds. The van der Waals surface area contributed by atoms with Crippen molar-refractivity contribution in [1.82, 2.24) is 4.90 Å². The fraction of sp³-hybridized carbons (Fsp3) is 1.00. The molecule has 16 heavy (non-hydrogen) atoms. The Hall–Kier alpha value is -0.120. The highest BCUT2D eigenvalue weighted by Crippen LogP contribution is 2.42. The third kappa shape index (κ3) is 2.58. The summed E-state index contributed by atoms with van der Waals surface area (Å²) in [6, 6.07) is 0. The van der Waals surface area contributed by atoms with Gasteiger partial charge in [0, 0.05) is 31.8 Å². The lowest BCUT2D eigenvalue weighted by molar-refractivity contribution is 0.0329. The van der Waals surface area contributed by atoms with Crippen molar-refractivity contribution in [3.05, 3.63) is 0 Å². The van der Waals surface area contributed by atoms with E-state index in [0.717, 1.165) is 31.6 Å². The van der Waals surface area contributed by atoms with Gasteiger partial charge in [-0.05, 0) is 51.5 Å². The van der Waals surface area contributed by atoms with Gasteiger partial charge in [-0.15, -0.1) is 0 Å². The van der Waals surface area contributed by atoms with E-state index in [-0.39, 0.29) is 5.54 Å². The first-order valence-electron chi connectivity index (χ1n) is 6.66. The second-order valence-corrected chi connectivity index (χ2v) is 5.77. The van der Waals surface area contributed by atoms with Gasteiger partial charge in [0.1, 0.15) is 0 Å². The lowest BCUT2D eigenvalue weighted by Crippen LogP contribution is -2.53. The summed E-state index contributed by atoms with van der Waals surface area (Å²) in [4.78, 5) is 2.51. The Balaban J connectivity index is 1.87. The molecule has 0 spiro atoms. The number of hydrogen-bond acceptors (Lipinski definition) is 3. The molecular weight excluding hydrogens is 200 g/mol. The molecule has 3 heteroatoms. The summed E-state index contributed by atoms with van der Waals surface area (Å²) in [6.07, 6.45) is 5.17. The predicted octanol–water partition coefficient (Wildman–Crippen LogP) is 1.47. The molecular formula is C13H26N2O. The maximum absolute atomic E-state index is 5.99. The lowest BCUT2D eigenvalue weighted by Gasteiger charge is -2.41. The summed E-state index contributed by atoms with van der Waals surface area (Å²) in [7, 11) is 2.25. The summed E-state index contributed by atoms with van der Waals surface area (Å²) in [5.74, 6) is 1.64. The minimum absolute atomic E-state index is 0.234. The van der Waals surface area contributed by atoms with Crippen LogP contribution in [0.1, 0.15) is 32.6 Å². The Morgan fingerprint density at radius 1 is 1.25 bits per heavy atom. The van der Waals surface area contributed by atoms with Crippen LogP contribution in [0.15, 0.2) is 0 Å². The molecule has 2 aliphatic rings. The molecule has 0 radical (unpaired) electrons. The second-order valence-electron chi connectivity index (χ2n) is 5.77. The standard InChI is InChI=1S/C13H26N2O/c1-13(10-14,12-3-4-12)15(2)9-11-5-7-16-8-6-11/h11-12H,3-10,14H2,1-2H3. The van der Waals surface area contributed by atoms with Gasteiger partial charge in [-0.1, -0.05) is 0 Å². The Morgan fingerprint density at radius 2 is 1.88 bits per heavy atom. The second kappa shape index (κ2) is 5.03. The van der Waals surface area contributed by atoms with Crippen LogP contribution in [0.25, 0.3) is 0 Å². The highest BCUT2D eigenvalue weighted by atomic mass is 16.5. The summed E-state index contributed by atoms with van der Waals surface area (Å²) < 4.78 is 5.41. The van der Waals surface area contributed by atoms with Crippen LogP contribution < -0.4 is 5.73 Å². The van der Waals surface area contributed by atoms with Gasteiger partial charge < -0.3 is 10.5 Å². The van der Waals surface area contributed by atoms with E-state index in [9.17, 15) is 0 Å². The third-order valence-electron chi connectivity index (χ3n) is 4.62. The van der Waals surface area contributed by atoms with Crippen molar-refractivity contribution in [2.24, 2.45) is 17.6 Å². The van der Waals surface area contributed by atoms with Gasteiger partial charge in [0.2, 0.25) is 0 Å². The van der Waals surface area contributed by atoms with Crippen LogP contribution >= 0.6 is 0 Å². The predicted molar refractivity (Wildman–Crippen MR) is 66.4 cm³/mol. The molecule has 94 valence electrons. The molecule has 1 saturated carbocycles. The van der Waals surface area contributed by atoms with Crippen molar-refractivity contribution in [3.8, 4) is 0 Å². The van der Waals surface area contributed by atoms with Crippen molar-refractivity contribution < 1.29 is 4.74 Å². The fourth-order valence-corrected chi connectivity index (χ4v) is 2.86. The highest BCUT2D eigenvalue weighted by molar-refractivity contribution is 4.99. The maximum atomic E-state index is 5.99. The van der Waals surface area contributed by atoms with Crippen LogP contribution in [0.5, 0.6) is 0 Å². The van der Waals surface area contributed by atoms with Crippen LogP contribution in [-0.2, 0) is 4.74 Å². The lowest BCUT2D eigenvalue weighted by atomic mass is 9.91. The smallest absolute Gasteiger partial charge is 0.0469 e. The van der Waals surface area contributed by atoms with Crippen molar-refractivity contribution >= 4 is 0 Å². The molecule has 0 aromatic heterocycles. The van der Waals surface area contributed by atoms with Gasteiger partial charge in [-0.3, -0.25) is 4.90 Å². The molecule has 1 aliphatic heterocycles. The van der Waals surface area contributed by atoms with Crippen molar-refractivity contribution in [3.63, 3.8) is 0 Å². The molecule has 0 aromatic rings. The zero-order valence-corrected chi connectivity index (χ0v) is 10.7. The van der Waals surface area contributed by atoms with Crippen LogP contribution in [0.2, 0.25) is 0 Å². The number of nitrogens with zero attached hydrogens (tertiary/aromatic N) is 1. The van der Waals surface area contributed by atoms with E-state index in [1.54, 1.807) is 0 Å². The summed E-state index contributed by atoms with van der Waals surface area (Å²) >= 11 is 0. The molecule has 2 fully saturated rings. The van der Waals surface area contributed by atoms with Gasteiger partial charge in [-0.25, -0.2) is 0 Å². The first kappa shape index (κ1) is 12.3. The summed E-state index contributed by atoms with van der Waals surface area (Å²) in [5.41, 5.74) is 6.22. The average Bonchev–Trinajstić information content (AvgIpc) is 3.13. The van der Waals surface area contributed by atoms with E-state index in [1.165, 1.54) is 32.2 Å². The van der Waals surface area contributed by atoms with Gasteiger partial charge in [0.25, 0.3) is 0 Å². The van der Waals surface area contributed by atoms with E-state index in [1.807, 2.05) is 0 Å². The molecule has 3 nitrogen and oxygen atoms in total. The Bertz CT molecular complexity index is 224. The number of hydrogen-bond donors (Lipinski definition) is 1. The minimum atomic E-state index is 0.234. The average molecular weight is 226 g/mol. The largest absolute Gasteiger partial charge is 0.381 e. The third-order valence-corrected chi connectivity index (χ3v) is 4.62. The van der Waals surface area contributed by atoms with Gasteiger partial charge >= 0.3 is 0 Å². The molecule has 1 saturated heterocycles. The SMILES string of the molecule is CN(CC1CCOCC1)C(C)(CN)C1CC1. The topological polar surface area (TPSA) is 38.5 Å². The van der Waals surface area contributed by atoms with Crippen molar-refractivity contribution in [2.45, 2.75) is 38.1 Å². The zero-order chi connectivity index (χ0) is 11.6. The number of nitrogens with two attached hydrogens (primary N) is 1. The molecule has 2 N–H and O–H groups in total. The number of likely N-dealkylation sites (N-methyl/N-ethyl adjacent to an activating group) is 1. The van der Waals surface area contributed by atoms with E-state index >= 15 is 0 Å². The molecule has 0 bridgehead atoms. The minimum Gasteiger partial charge on any atom is -0.381 e. The number of ether oxygens (including phenoxy) is 1. The first-order chi connectivity index (χ1) is 7.66. The molecule has 0 aromatic carbocycles. The van der Waals surface area contributed by atoms with E-state index in [2.05, 4.69) is 18.9 Å². The van der Waals surface area contributed by atoms with Crippen LogP contribution in [0, 0.1) is 11.8 Å². The van der Waals surface area contributed by atoms with Crippen molar-refractivity contribution in [2.75, 3.05) is 33.4 Å². The van der Waals surface area contributed by atoms with Gasteiger partial charge in [0.15, 0.2) is 0 Å². The van der Waals surface area contributed by atoms with Crippen LogP contribution in [0.3, 0.4) is 0 Å². The molecule has 2 rings (SSSR count). The molecule has 1 heterocycles. The molecule has 1 atom stereocenters. The Labute approximate surface area is 99.3 Å². The maximum Gasteiger partial charge on any atom is 0.0469 e. The molecule has 1 unspecified atom stereocenters. The number of rotatable bonds is 5. The van der Waals surface area contributed by atoms with Gasteiger partial charge in [0.05, 0.1) is 0 Å². The van der Waals surface area contributed by atoms with Crippen molar-refractivity contribution in [1.29, 1.82) is 0 Å².